The number of fused-ring (bicyclic) bond motifs is 1. The molecule has 1 saturated heterocycles. The van der Waals surface area contributed by atoms with Crippen molar-refractivity contribution in [3.63, 3.8) is 0 Å². The largest absolute Gasteiger partial charge is 0.361 e. The number of hydrogen-bond acceptors (Lipinski definition) is 2. The molecule has 1 atom stereocenters. The summed E-state index contributed by atoms with van der Waals surface area (Å²) in [5, 5.41) is 1.34. The molecule has 23 heavy (non-hydrogen) atoms. The number of likely N-dealkylation sites (tertiary alicyclic amines) is 1. The Morgan fingerprint density at radius 3 is 2.87 bits per heavy atom. The maximum Gasteiger partial charge on any atom is 0.147 e. The highest BCUT2D eigenvalue weighted by Crippen LogP contribution is 2.33. The Balaban J connectivity index is 1.36. The zero-order valence-electron chi connectivity index (χ0n) is 13.8. The summed E-state index contributed by atoms with van der Waals surface area (Å²) in [6.07, 6.45) is 9.33. The second-order valence-electron chi connectivity index (χ2n) is 7.40. The third kappa shape index (κ3) is 3.20. The van der Waals surface area contributed by atoms with Crippen LogP contribution in [-0.4, -0.2) is 35.3 Å². The van der Waals surface area contributed by atoms with Gasteiger partial charge in [-0.3, -0.25) is 9.69 Å². The molecule has 2 heterocycles. The Labute approximate surface area is 138 Å². The van der Waals surface area contributed by atoms with Gasteiger partial charge in [0.05, 0.1) is 6.54 Å². The Morgan fingerprint density at radius 1 is 1.17 bits per heavy atom. The minimum Gasteiger partial charge on any atom is -0.361 e. The number of H-pyrrole nitrogens is 1. The van der Waals surface area contributed by atoms with Crippen LogP contribution in [0, 0.1) is 5.92 Å². The van der Waals surface area contributed by atoms with Gasteiger partial charge in [0, 0.05) is 30.1 Å². The summed E-state index contributed by atoms with van der Waals surface area (Å²) in [6, 6.07) is 8.52. The molecule has 1 saturated carbocycles. The molecule has 4 rings (SSSR count). The second-order valence-corrected chi connectivity index (χ2v) is 7.40. The summed E-state index contributed by atoms with van der Waals surface area (Å²) in [7, 11) is 0. The molecule has 2 aliphatic rings. The monoisotopic (exact) mass is 310 g/mol. The van der Waals surface area contributed by atoms with Crippen LogP contribution in [0.15, 0.2) is 30.5 Å². The quantitative estimate of drug-likeness (QED) is 0.902. The van der Waals surface area contributed by atoms with Crippen LogP contribution < -0.4 is 0 Å². The van der Waals surface area contributed by atoms with Gasteiger partial charge in [0.25, 0.3) is 0 Å². The molecule has 2 fully saturated rings. The molecule has 3 nitrogen and oxygen atoms in total. The fourth-order valence-electron chi connectivity index (χ4n) is 4.51. The van der Waals surface area contributed by atoms with E-state index in [9.17, 15) is 4.79 Å². The third-order valence-electron chi connectivity index (χ3n) is 5.72. The van der Waals surface area contributed by atoms with Crippen LogP contribution in [0.3, 0.4) is 0 Å². The summed E-state index contributed by atoms with van der Waals surface area (Å²) in [6.45, 7) is 2.74. The van der Waals surface area contributed by atoms with Crippen LogP contribution in [0.25, 0.3) is 10.9 Å². The van der Waals surface area contributed by atoms with Gasteiger partial charge in [0.15, 0.2) is 0 Å². The minimum atomic E-state index is 0.455. The van der Waals surface area contributed by atoms with E-state index in [0.717, 1.165) is 19.5 Å². The zero-order valence-corrected chi connectivity index (χ0v) is 13.8. The average molecular weight is 310 g/mol. The lowest BCUT2D eigenvalue weighted by Gasteiger charge is -2.16. The van der Waals surface area contributed by atoms with Crippen LogP contribution in [0.1, 0.15) is 50.0 Å². The van der Waals surface area contributed by atoms with Crippen molar-refractivity contribution >= 4 is 16.7 Å². The van der Waals surface area contributed by atoms with Gasteiger partial charge in [-0.2, -0.15) is 0 Å². The number of nitrogens with one attached hydrogen (secondary N) is 1. The van der Waals surface area contributed by atoms with E-state index in [1.807, 2.05) is 0 Å². The van der Waals surface area contributed by atoms with E-state index in [0.29, 0.717) is 24.2 Å². The van der Waals surface area contributed by atoms with Crippen molar-refractivity contribution in [2.45, 2.75) is 44.4 Å². The van der Waals surface area contributed by atoms with Crippen molar-refractivity contribution in [3.05, 3.63) is 36.0 Å². The molecule has 1 aromatic carbocycles. The first kappa shape index (κ1) is 14.9. The smallest absolute Gasteiger partial charge is 0.147 e. The maximum absolute atomic E-state index is 12.3. The first-order valence-corrected chi connectivity index (χ1v) is 9.09. The van der Waals surface area contributed by atoms with Crippen molar-refractivity contribution in [1.82, 2.24) is 9.88 Å². The van der Waals surface area contributed by atoms with Crippen molar-refractivity contribution in [2.75, 3.05) is 19.6 Å². The first-order valence-electron chi connectivity index (χ1n) is 9.09. The highest BCUT2D eigenvalue weighted by Gasteiger charge is 2.27. The molecule has 1 aromatic heterocycles. The standard InChI is InChI=1S/C20H26N2O/c23-17(11-15-5-1-2-6-15)14-22-10-9-16(13-22)19-12-21-20-8-4-3-7-18(19)20/h3-4,7-8,12,15-16,21H,1-2,5-6,9-11,13-14H2. The van der Waals surface area contributed by atoms with Crippen LogP contribution in [0.5, 0.6) is 0 Å². The number of carbonyl (C=O) groups is 1. The SMILES string of the molecule is O=C(CC1CCCC1)CN1CCC(c2c[nH]c3ccccc23)C1. The molecule has 2 aromatic rings. The van der Waals surface area contributed by atoms with E-state index in [1.165, 1.54) is 48.6 Å². The van der Waals surface area contributed by atoms with Gasteiger partial charge >= 0.3 is 0 Å². The lowest BCUT2D eigenvalue weighted by atomic mass is 9.98. The lowest BCUT2D eigenvalue weighted by Crippen LogP contribution is -2.28. The van der Waals surface area contributed by atoms with Gasteiger partial charge in [-0.05, 0) is 36.4 Å². The summed E-state index contributed by atoms with van der Waals surface area (Å²) in [4.78, 5) is 18.1. The molecule has 122 valence electrons. The molecule has 1 aliphatic heterocycles. The molecule has 1 unspecified atom stereocenters. The van der Waals surface area contributed by atoms with E-state index < -0.39 is 0 Å². The van der Waals surface area contributed by atoms with Crippen molar-refractivity contribution in [1.29, 1.82) is 0 Å². The molecule has 1 N–H and O–H groups in total. The van der Waals surface area contributed by atoms with E-state index >= 15 is 0 Å². The number of aromatic nitrogens is 1. The van der Waals surface area contributed by atoms with Crippen LogP contribution in [-0.2, 0) is 4.79 Å². The summed E-state index contributed by atoms with van der Waals surface area (Å²) in [5.41, 5.74) is 2.64. The van der Waals surface area contributed by atoms with Crippen molar-refractivity contribution in [2.24, 2.45) is 5.92 Å². The number of para-hydroxylation sites is 1. The fourth-order valence-corrected chi connectivity index (χ4v) is 4.51. The molecule has 0 amide bonds. The number of hydrogen-bond donors (Lipinski definition) is 1. The summed E-state index contributed by atoms with van der Waals surface area (Å²) >= 11 is 0. The molecule has 3 heteroatoms. The molecule has 0 bridgehead atoms. The molecular formula is C20H26N2O. The highest BCUT2D eigenvalue weighted by molar-refractivity contribution is 5.84. The van der Waals surface area contributed by atoms with Gasteiger partial charge in [-0.1, -0.05) is 43.9 Å². The molecule has 0 spiro atoms. The molecule has 0 radical (unpaired) electrons. The minimum absolute atomic E-state index is 0.455. The van der Waals surface area contributed by atoms with Crippen molar-refractivity contribution in [3.8, 4) is 0 Å². The van der Waals surface area contributed by atoms with Gasteiger partial charge in [0.1, 0.15) is 5.78 Å². The molecular weight excluding hydrogens is 284 g/mol. The van der Waals surface area contributed by atoms with E-state index in [4.69, 9.17) is 0 Å². The highest BCUT2D eigenvalue weighted by atomic mass is 16.1. The lowest BCUT2D eigenvalue weighted by molar-refractivity contribution is -0.120. The van der Waals surface area contributed by atoms with Gasteiger partial charge in [-0.15, -0.1) is 0 Å². The van der Waals surface area contributed by atoms with Gasteiger partial charge < -0.3 is 4.98 Å². The van der Waals surface area contributed by atoms with Crippen LogP contribution >= 0.6 is 0 Å². The Morgan fingerprint density at radius 2 is 2.00 bits per heavy atom. The maximum atomic E-state index is 12.3. The van der Waals surface area contributed by atoms with E-state index in [2.05, 4.69) is 40.3 Å². The number of ketones is 1. The normalized spacial score (nSPS) is 23.0. The third-order valence-corrected chi connectivity index (χ3v) is 5.72. The molecule has 1 aliphatic carbocycles. The number of aromatic amines is 1. The van der Waals surface area contributed by atoms with E-state index in [-0.39, 0.29) is 0 Å². The van der Waals surface area contributed by atoms with Crippen LogP contribution in [0.2, 0.25) is 0 Å². The Bertz CT molecular complexity index is 684. The van der Waals surface area contributed by atoms with E-state index in [1.54, 1.807) is 0 Å². The predicted octanol–water partition coefficient (Wildman–Crippen LogP) is 4.11. The topological polar surface area (TPSA) is 36.1 Å². The predicted molar refractivity (Wildman–Crippen MR) is 93.7 cm³/mol. The van der Waals surface area contributed by atoms with Crippen molar-refractivity contribution < 1.29 is 4.79 Å². The summed E-state index contributed by atoms with van der Waals surface area (Å²) < 4.78 is 0. The fraction of sp³-hybridized carbons (Fsp3) is 0.550. The number of benzene rings is 1. The number of Topliss-reactive ketones (excluding diaryl/α,β-unsaturated/α-hetero) is 1. The van der Waals surface area contributed by atoms with Gasteiger partial charge in [-0.25, -0.2) is 0 Å². The average Bonchev–Trinajstić information content (AvgIpc) is 3.26. The Hall–Kier alpha value is -1.61. The summed E-state index contributed by atoms with van der Waals surface area (Å²) in [5.74, 6) is 1.69. The number of nitrogens with zero attached hydrogens (tertiary/aromatic N) is 1. The first-order chi connectivity index (χ1) is 11.3. The Kier molecular flexibility index (Phi) is 4.21. The van der Waals surface area contributed by atoms with Gasteiger partial charge in [0.2, 0.25) is 0 Å². The number of carbonyl (C=O) groups excluding carboxylic acids is 1. The second kappa shape index (κ2) is 6.48. The zero-order chi connectivity index (χ0) is 15.6. The number of rotatable bonds is 5. The van der Waals surface area contributed by atoms with Crippen LogP contribution in [0.4, 0.5) is 0 Å².